The van der Waals surface area contributed by atoms with Crippen LogP contribution in [0.2, 0.25) is 0 Å². The van der Waals surface area contributed by atoms with Crippen LogP contribution in [0.15, 0.2) is 54.6 Å². The molecule has 1 fully saturated rings. The monoisotopic (exact) mass is 367 g/mol. The zero-order valence-electron chi connectivity index (χ0n) is 15.2. The molecule has 0 aliphatic heterocycles. The van der Waals surface area contributed by atoms with Gasteiger partial charge in [-0.05, 0) is 37.1 Å². The van der Waals surface area contributed by atoms with Gasteiger partial charge >= 0.3 is 0 Å². The fourth-order valence-electron chi connectivity index (χ4n) is 3.20. The Kier molecular flexibility index (Phi) is 6.08. The largest absolute Gasteiger partial charge is 0.484 e. The van der Waals surface area contributed by atoms with Crippen LogP contribution in [0.25, 0.3) is 0 Å². The number of anilines is 2. The van der Waals surface area contributed by atoms with Crippen LogP contribution in [0.3, 0.4) is 0 Å². The molecule has 2 aromatic rings. The van der Waals surface area contributed by atoms with Crippen molar-refractivity contribution in [2.75, 3.05) is 17.2 Å². The predicted molar refractivity (Wildman–Crippen MR) is 106 cm³/mol. The van der Waals surface area contributed by atoms with E-state index in [9.17, 15) is 9.59 Å². The zero-order chi connectivity index (χ0) is 19.1. The summed E-state index contributed by atoms with van der Waals surface area (Å²) in [7, 11) is 0. The molecule has 2 aromatic carbocycles. The molecule has 1 aliphatic carbocycles. The number of ether oxygens (including phenoxy) is 1. The first-order valence-electron chi connectivity index (χ1n) is 9.23. The van der Waals surface area contributed by atoms with Crippen molar-refractivity contribution in [1.29, 1.82) is 0 Å². The van der Waals surface area contributed by atoms with Crippen LogP contribution in [0.4, 0.5) is 11.4 Å². The quantitative estimate of drug-likeness (QED) is 0.730. The maximum Gasteiger partial charge on any atom is 0.262 e. The molecule has 6 nitrogen and oxygen atoms in total. The maximum absolute atomic E-state index is 12.5. The Morgan fingerprint density at radius 2 is 1.63 bits per heavy atom. The van der Waals surface area contributed by atoms with E-state index >= 15 is 0 Å². The molecule has 0 spiro atoms. The summed E-state index contributed by atoms with van der Waals surface area (Å²) in [5, 5.41) is 5.63. The average molecular weight is 367 g/mol. The second-order valence-electron chi connectivity index (χ2n) is 6.90. The first kappa shape index (κ1) is 18.9. The smallest absolute Gasteiger partial charge is 0.262 e. The van der Waals surface area contributed by atoms with Crippen molar-refractivity contribution >= 4 is 23.2 Å². The number of nitrogens with two attached hydrogens (primary N) is 1. The fourth-order valence-corrected chi connectivity index (χ4v) is 3.20. The molecule has 6 heteroatoms. The van der Waals surface area contributed by atoms with Gasteiger partial charge in [0, 0.05) is 17.4 Å². The number of amides is 2. The molecule has 4 N–H and O–H groups in total. The SMILES string of the molecule is NC1(C(=O)Nc2cccc(OCC(=O)Nc3ccccc3)c2)CCCCC1. The van der Waals surface area contributed by atoms with E-state index in [0.29, 0.717) is 30.0 Å². The number of carbonyl (C=O) groups excluding carboxylic acids is 2. The lowest BCUT2D eigenvalue weighted by Crippen LogP contribution is -2.52. The molecule has 142 valence electrons. The molecule has 1 aliphatic rings. The van der Waals surface area contributed by atoms with Crippen LogP contribution in [0.1, 0.15) is 32.1 Å². The summed E-state index contributed by atoms with van der Waals surface area (Å²) < 4.78 is 5.54. The van der Waals surface area contributed by atoms with Crippen molar-refractivity contribution in [3.05, 3.63) is 54.6 Å². The molecule has 3 rings (SSSR count). The van der Waals surface area contributed by atoms with Crippen LogP contribution in [-0.2, 0) is 9.59 Å². The van der Waals surface area contributed by atoms with Gasteiger partial charge in [0.05, 0.1) is 5.54 Å². The molecule has 0 aromatic heterocycles. The van der Waals surface area contributed by atoms with Crippen molar-refractivity contribution in [1.82, 2.24) is 0 Å². The molecule has 0 unspecified atom stereocenters. The summed E-state index contributed by atoms with van der Waals surface area (Å²) in [6.07, 6.45) is 4.48. The van der Waals surface area contributed by atoms with Gasteiger partial charge in [-0.3, -0.25) is 9.59 Å². The predicted octanol–water partition coefficient (Wildman–Crippen LogP) is 3.30. The number of benzene rings is 2. The van der Waals surface area contributed by atoms with Crippen LogP contribution in [-0.4, -0.2) is 24.0 Å². The van der Waals surface area contributed by atoms with E-state index in [0.717, 1.165) is 19.3 Å². The number of carbonyl (C=O) groups is 2. The van der Waals surface area contributed by atoms with Gasteiger partial charge in [-0.25, -0.2) is 0 Å². The van der Waals surface area contributed by atoms with Gasteiger partial charge in [0.25, 0.3) is 5.91 Å². The normalized spacial score (nSPS) is 15.6. The van der Waals surface area contributed by atoms with Crippen LogP contribution in [0.5, 0.6) is 5.75 Å². The molecule has 0 bridgehead atoms. The molecule has 27 heavy (non-hydrogen) atoms. The molecule has 1 saturated carbocycles. The van der Waals surface area contributed by atoms with E-state index in [-0.39, 0.29) is 18.4 Å². The topological polar surface area (TPSA) is 93.5 Å². The summed E-state index contributed by atoms with van der Waals surface area (Å²) in [6.45, 7) is -0.118. The third-order valence-corrected chi connectivity index (χ3v) is 4.72. The summed E-state index contributed by atoms with van der Waals surface area (Å²) in [6, 6.07) is 16.2. The first-order valence-corrected chi connectivity index (χ1v) is 9.23. The number of hydrogen-bond acceptors (Lipinski definition) is 4. The minimum Gasteiger partial charge on any atom is -0.484 e. The van der Waals surface area contributed by atoms with Gasteiger partial charge in [0.2, 0.25) is 5.91 Å². The van der Waals surface area contributed by atoms with Gasteiger partial charge in [0.15, 0.2) is 6.61 Å². The molecule has 0 heterocycles. The zero-order valence-corrected chi connectivity index (χ0v) is 15.2. The fraction of sp³-hybridized carbons (Fsp3) is 0.333. The Balaban J connectivity index is 1.54. The van der Waals surface area contributed by atoms with Crippen LogP contribution < -0.4 is 21.1 Å². The van der Waals surface area contributed by atoms with Crippen LogP contribution >= 0.6 is 0 Å². The molecule has 0 saturated heterocycles. The van der Waals surface area contributed by atoms with E-state index in [1.807, 2.05) is 30.3 Å². The lowest BCUT2D eigenvalue weighted by atomic mass is 9.82. The Bertz CT molecular complexity index is 786. The van der Waals surface area contributed by atoms with Gasteiger partial charge in [0.1, 0.15) is 5.75 Å². The molecular weight excluding hydrogens is 342 g/mol. The molecular formula is C21H25N3O3. The Hall–Kier alpha value is -2.86. The average Bonchev–Trinajstić information content (AvgIpc) is 2.68. The Morgan fingerprint density at radius 1 is 0.926 bits per heavy atom. The highest BCUT2D eigenvalue weighted by Gasteiger charge is 2.35. The van der Waals surface area contributed by atoms with E-state index in [1.165, 1.54) is 0 Å². The highest BCUT2D eigenvalue weighted by atomic mass is 16.5. The van der Waals surface area contributed by atoms with Crippen LogP contribution in [0, 0.1) is 0 Å². The highest BCUT2D eigenvalue weighted by molar-refractivity contribution is 5.98. The summed E-state index contributed by atoms with van der Waals surface area (Å²) in [5.41, 5.74) is 6.79. The lowest BCUT2D eigenvalue weighted by Gasteiger charge is -2.31. The van der Waals surface area contributed by atoms with Gasteiger partial charge in [-0.1, -0.05) is 43.5 Å². The number of hydrogen-bond donors (Lipinski definition) is 3. The summed E-state index contributed by atoms with van der Waals surface area (Å²) >= 11 is 0. The van der Waals surface area contributed by atoms with Crippen molar-refractivity contribution in [2.45, 2.75) is 37.6 Å². The first-order chi connectivity index (χ1) is 13.0. The van der Waals surface area contributed by atoms with Crippen molar-refractivity contribution in [3.8, 4) is 5.75 Å². The number of rotatable bonds is 6. The third kappa shape index (κ3) is 5.31. The van der Waals surface area contributed by atoms with E-state index in [2.05, 4.69) is 10.6 Å². The van der Waals surface area contributed by atoms with Gasteiger partial charge < -0.3 is 21.1 Å². The lowest BCUT2D eigenvalue weighted by molar-refractivity contribution is -0.122. The third-order valence-electron chi connectivity index (χ3n) is 4.72. The minimum atomic E-state index is -0.801. The second kappa shape index (κ2) is 8.68. The van der Waals surface area contributed by atoms with E-state index in [4.69, 9.17) is 10.5 Å². The van der Waals surface area contributed by atoms with Crippen molar-refractivity contribution < 1.29 is 14.3 Å². The molecule has 2 amide bonds. The standard InChI is InChI=1S/C21H25N3O3/c22-21(12-5-2-6-13-21)20(26)24-17-10-7-11-18(14-17)27-15-19(25)23-16-8-3-1-4-9-16/h1,3-4,7-11,14H,2,5-6,12-13,15,22H2,(H,23,25)(H,24,26). The molecule has 0 radical (unpaired) electrons. The Labute approximate surface area is 159 Å². The van der Waals surface area contributed by atoms with E-state index in [1.54, 1.807) is 24.3 Å². The van der Waals surface area contributed by atoms with Crippen molar-refractivity contribution in [3.63, 3.8) is 0 Å². The van der Waals surface area contributed by atoms with E-state index < -0.39 is 5.54 Å². The molecule has 0 atom stereocenters. The summed E-state index contributed by atoms with van der Waals surface area (Å²) in [5.74, 6) is 0.0886. The second-order valence-corrected chi connectivity index (χ2v) is 6.90. The highest BCUT2D eigenvalue weighted by Crippen LogP contribution is 2.27. The summed E-state index contributed by atoms with van der Waals surface area (Å²) in [4.78, 5) is 24.5. The number of para-hydroxylation sites is 1. The minimum absolute atomic E-state index is 0.118. The van der Waals surface area contributed by atoms with Gasteiger partial charge in [-0.2, -0.15) is 0 Å². The van der Waals surface area contributed by atoms with Gasteiger partial charge in [-0.15, -0.1) is 0 Å². The maximum atomic E-state index is 12.5. The van der Waals surface area contributed by atoms with Crippen molar-refractivity contribution in [2.24, 2.45) is 5.73 Å². The Morgan fingerprint density at radius 3 is 2.37 bits per heavy atom. The number of nitrogens with one attached hydrogen (secondary N) is 2.